The van der Waals surface area contributed by atoms with Gasteiger partial charge in [-0.1, -0.05) is 0 Å². The third-order valence-corrected chi connectivity index (χ3v) is 2.55. The largest absolute Gasteiger partial charge is 0.445 e. The number of hydroxylamine groups is 1. The van der Waals surface area contributed by atoms with E-state index in [4.69, 9.17) is 4.74 Å². The van der Waals surface area contributed by atoms with Gasteiger partial charge in [-0.25, -0.2) is 10.3 Å². The number of non-ortho nitro benzene ring substituents is 1. The van der Waals surface area contributed by atoms with Gasteiger partial charge in [0.05, 0.1) is 4.92 Å². The molecule has 1 aliphatic rings. The van der Waals surface area contributed by atoms with Crippen molar-refractivity contribution < 1.29 is 24.1 Å². The summed E-state index contributed by atoms with van der Waals surface area (Å²) in [6, 6.07) is 4.82. The van der Waals surface area contributed by atoms with Crippen molar-refractivity contribution in [3.8, 4) is 0 Å². The number of benzene rings is 1. The molecule has 1 atom stereocenters. The molecule has 1 heterocycles. The Bertz CT molecular complexity index is 529. The predicted molar refractivity (Wildman–Crippen MR) is 64.3 cm³/mol. The van der Waals surface area contributed by atoms with Gasteiger partial charge in [0, 0.05) is 12.1 Å². The minimum absolute atomic E-state index is 0.0332. The molecule has 2 amide bonds. The van der Waals surface area contributed by atoms with Crippen LogP contribution in [-0.4, -0.2) is 29.6 Å². The van der Waals surface area contributed by atoms with E-state index in [1.54, 1.807) is 0 Å². The van der Waals surface area contributed by atoms with E-state index >= 15 is 0 Å². The molecule has 1 aromatic carbocycles. The van der Waals surface area contributed by atoms with Crippen LogP contribution in [0.15, 0.2) is 24.3 Å². The number of nitro groups is 1. The van der Waals surface area contributed by atoms with Crippen LogP contribution in [0.4, 0.5) is 10.5 Å². The fourth-order valence-electron chi connectivity index (χ4n) is 1.50. The van der Waals surface area contributed by atoms with E-state index in [0.29, 0.717) is 5.56 Å². The van der Waals surface area contributed by atoms with E-state index in [-0.39, 0.29) is 18.9 Å². The van der Waals surface area contributed by atoms with E-state index in [9.17, 15) is 19.7 Å². The van der Waals surface area contributed by atoms with Gasteiger partial charge in [0.2, 0.25) is 0 Å². The molecule has 9 heteroatoms. The van der Waals surface area contributed by atoms with Crippen LogP contribution in [-0.2, 0) is 21.0 Å². The Morgan fingerprint density at radius 1 is 1.50 bits per heavy atom. The van der Waals surface area contributed by atoms with E-state index in [1.165, 1.54) is 24.3 Å². The van der Waals surface area contributed by atoms with Gasteiger partial charge >= 0.3 is 6.09 Å². The highest BCUT2D eigenvalue weighted by atomic mass is 16.7. The Kier molecular flexibility index (Phi) is 4.11. The second-order valence-corrected chi connectivity index (χ2v) is 3.97. The van der Waals surface area contributed by atoms with Gasteiger partial charge in [0.15, 0.2) is 0 Å². The lowest BCUT2D eigenvalue weighted by molar-refractivity contribution is -0.384. The molecule has 1 aliphatic heterocycles. The van der Waals surface area contributed by atoms with E-state index < -0.39 is 23.0 Å². The monoisotopic (exact) mass is 281 g/mol. The molecule has 1 aromatic rings. The smallest absolute Gasteiger partial charge is 0.408 e. The topological polar surface area (TPSA) is 120 Å². The second kappa shape index (κ2) is 5.97. The predicted octanol–water partition coefficient (Wildman–Crippen LogP) is 0.251. The van der Waals surface area contributed by atoms with Gasteiger partial charge in [-0.15, -0.1) is 0 Å². The van der Waals surface area contributed by atoms with Crippen molar-refractivity contribution in [1.82, 2.24) is 10.8 Å². The molecule has 1 saturated heterocycles. The van der Waals surface area contributed by atoms with Crippen molar-refractivity contribution in [3.63, 3.8) is 0 Å². The molecule has 20 heavy (non-hydrogen) atoms. The van der Waals surface area contributed by atoms with Crippen LogP contribution >= 0.6 is 0 Å². The number of nitro benzene ring substituents is 1. The third-order valence-electron chi connectivity index (χ3n) is 2.55. The Balaban J connectivity index is 1.81. The zero-order chi connectivity index (χ0) is 14.5. The first-order valence-electron chi connectivity index (χ1n) is 5.64. The number of amides is 2. The lowest BCUT2D eigenvalue weighted by Gasteiger charge is -2.09. The van der Waals surface area contributed by atoms with E-state index in [2.05, 4.69) is 15.6 Å². The zero-order valence-electron chi connectivity index (χ0n) is 10.2. The Hall–Kier alpha value is -2.68. The maximum atomic E-state index is 11.4. The molecule has 0 radical (unpaired) electrons. The summed E-state index contributed by atoms with van der Waals surface area (Å²) in [5.41, 5.74) is 2.64. The SMILES string of the molecule is O=C(NC1CONC1=O)OCc1ccc([N+](=O)[O-])cc1. The maximum Gasteiger partial charge on any atom is 0.408 e. The summed E-state index contributed by atoms with van der Waals surface area (Å²) in [5, 5.41) is 12.8. The summed E-state index contributed by atoms with van der Waals surface area (Å²) in [6.45, 7) is -0.0233. The fourth-order valence-corrected chi connectivity index (χ4v) is 1.50. The highest BCUT2D eigenvalue weighted by molar-refractivity contribution is 5.86. The van der Waals surface area contributed by atoms with Gasteiger partial charge in [-0.2, -0.15) is 0 Å². The van der Waals surface area contributed by atoms with Crippen molar-refractivity contribution in [2.75, 3.05) is 6.61 Å². The van der Waals surface area contributed by atoms with E-state index in [0.717, 1.165) is 0 Å². The summed E-state index contributed by atoms with van der Waals surface area (Å²) in [7, 11) is 0. The molecule has 2 rings (SSSR count). The van der Waals surface area contributed by atoms with Crippen molar-refractivity contribution in [1.29, 1.82) is 0 Å². The molecule has 9 nitrogen and oxygen atoms in total. The molecule has 0 spiro atoms. The number of carbonyl (C=O) groups excluding carboxylic acids is 2. The molecule has 1 fully saturated rings. The van der Waals surface area contributed by atoms with Crippen molar-refractivity contribution in [3.05, 3.63) is 39.9 Å². The van der Waals surface area contributed by atoms with Crippen molar-refractivity contribution >= 4 is 17.7 Å². The summed E-state index contributed by atoms with van der Waals surface area (Å²) < 4.78 is 4.88. The third kappa shape index (κ3) is 3.42. The van der Waals surface area contributed by atoms with Crippen LogP contribution in [0.2, 0.25) is 0 Å². The highest BCUT2D eigenvalue weighted by Gasteiger charge is 2.27. The average Bonchev–Trinajstić information content (AvgIpc) is 2.82. The number of carbonyl (C=O) groups is 2. The van der Waals surface area contributed by atoms with Crippen LogP contribution in [0.3, 0.4) is 0 Å². The Morgan fingerprint density at radius 2 is 2.20 bits per heavy atom. The van der Waals surface area contributed by atoms with Gasteiger partial charge in [0.25, 0.3) is 11.6 Å². The molecule has 0 saturated carbocycles. The number of ether oxygens (including phenoxy) is 1. The van der Waals surface area contributed by atoms with Crippen LogP contribution in [0.5, 0.6) is 0 Å². The summed E-state index contributed by atoms with van der Waals surface area (Å²) in [6.07, 6.45) is -0.769. The lowest BCUT2D eigenvalue weighted by atomic mass is 10.2. The van der Waals surface area contributed by atoms with Crippen LogP contribution < -0.4 is 10.8 Å². The Labute approximate surface area is 113 Å². The van der Waals surface area contributed by atoms with E-state index in [1.807, 2.05) is 0 Å². The molecule has 0 bridgehead atoms. The number of nitrogens with one attached hydrogen (secondary N) is 2. The fraction of sp³-hybridized carbons (Fsp3) is 0.273. The van der Waals surface area contributed by atoms with Gasteiger partial charge in [-0.05, 0) is 17.7 Å². The standard InChI is InChI=1S/C11H11N3O6/c15-10-9(6-20-13-10)12-11(16)19-5-7-1-3-8(4-2-7)14(17)18/h1-4,9H,5-6H2,(H,12,16)(H,13,15). The first kappa shape index (κ1) is 13.7. The first-order chi connectivity index (χ1) is 9.56. The average molecular weight is 281 g/mol. The molecule has 1 unspecified atom stereocenters. The lowest BCUT2D eigenvalue weighted by Crippen LogP contribution is -2.41. The van der Waals surface area contributed by atoms with Crippen LogP contribution in [0.25, 0.3) is 0 Å². The normalized spacial score (nSPS) is 17.4. The number of alkyl carbamates (subject to hydrolysis) is 1. The van der Waals surface area contributed by atoms with Crippen molar-refractivity contribution in [2.45, 2.75) is 12.6 Å². The molecular weight excluding hydrogens is 270 g/mol. The first-order valence-corrected chi connectivity index (χ1v) is 5.64. The molecule has 106 valence electrons. The van der Waals surface area contributed by atoms with Gasteiger partial charge in [-0.3, -0.25) is 19.7 Å². The Morgan fingerprint density at radius 3 is 2.75 bits per heavy atom. The molecular formula is C11H11N3O6. The van der Waals surface area contributed by atoms with Gasteiger partial charge in [0.1, 0.15) is 19.3 Å². The quantitative estimate of drug-likeness (QED) is 0.603. The zero-order valence-corrected chi connectivity index (χ0v) is 10.2. The number of rotatable bonds is 4. The molecule has 0 aliphatic carbocycles. The number of hydrogen-bond acceptors (Lipinski definition) is 6. The second-order valence-electron chi connectivity index (χ2n) is 3.97. The summed E-state index contributed by atoms with van der Waals surface area (Å²) >= 11 is 0. The van der Waals surface area contributed by atoms with Crippen LogP contribution in [0.1, 0.15) is 5.56 Å². The number of nitrogens with zero attached hydrogens (tertiary/aromatic N) is 1. The highest BCUT2D eigenvalue weighted by Crippen LogP contribution is 2.12. The molecule has 0 aromatic heterocycles. The molecule has 2 N–H and O–H groups in total. The minimum atomic E-state index is -0.778. The van der Waals surface area contributed by atoms with Gasteiger partial charge < -0.3 is 10.1 Å². The summed E-state index contributed by atoms with van der Waals surface area (Å²) in [5.74, 6) is -0.447. The maximum absolute atomic E-state index is 11.4. The number of hydrogen-bond donors (Lipinski definition) is 2. The summed E-state index contributed by atoms with van der Waals surface area (Å²) in [4.78, 5) is 37.1. The van der Waals surface area contributed by atoms with Crippen molar-refractivity contribution in [2.24, 2.45) is 0 Å². The van der Waals surface area contributed by atoms with Crippen LogP contribution in [0, 0.1) is 10.1 Å². The minimum Gasteiger partial charge on any atom is -0.445 e.